The molecule has 140 valence electrons. The lowest BCUT2D eigenvalue weighted by Gasteiger charge is -2.07. The summed E-state index contributed by atoms with van der Waals surface area (Å²) in [5, 5.41) is 26.9. The molecule has 1 amide bonds. The normalized spacial score (nSPS) is 11.1. The molecule has 4 aromatic rings. The van der Waals surface area contributed by atoms with Crippen molar-refractivity contribution in [3.63, 3.8) is 0 Å². The van der Waals surface area contributed by atoms with Crippen LogP contribution in [0.2, 0.25) is 0 Å². The Balaban J connectivity index is 1.73. The van der Waals surface area contributed by atoms with Crippen LogP contribution in [0, 0.1) is 30.9 Å². The molecule has 0 bridgehead atoms. The van der Waals surface area contributed by atoms with Crippen molar-refractivity contribution in [1.29, 1.82) is 0 Å². The summed E-state index contributed by atoms with van der Waals surface area (Å²) in [4.78, 5) is 27.3. The standard InChI is InChI=1S/C18H15N7O3/c1-9-8-10(2)19-16-14(9)17-22-21-15(11(3)24(17)23-16)18(26)20-12-4-6-13(7-5-12)25(27)28/h4-8H,1-3H3,(H,20,26). The molecule has 0 aliphatic carbocycles. The van der Waals surface area contributed by atoms with E-state index in [1.54, 1.807) is 11.4 Å². The highest BCUT2D eigenvalue weighted by Gasteiger charge is 2.19. The summed E-state index contributed by atoms with van der Waals surface area (Å²) in [5.41, 5.74) is 3.87. The largest absolute Gasteiger partial charge is 0.321 e. The lowest BCUT2D eigenvalue weighted by Crippen LogP contribution is -2.18. The summed E-state index contributed by atoms with van der Waals surface area (Å²) in [6, 6.07) is 7.48. The van der Waals surface area contributed by atoms with Crippen LogP contribution in [-0.2, 0) is 0 Å². The van der Waals surface area contributed by atoms with Crippen LogP contribution < -0.4 is 5.32 Å². The van der Waals surface area contributed by atoms with Gasteiger partial charge in [0.25, 0.3) is 11.6 Å². The summed E-state index contributed by atoms with van der Waals surface area (Å²) >= 11 is 0. The Labute approximate surface area is 158 Å². The van der Waals surface area contributed by atoms with E-state index < -0.39 is 10.8 Å². The highest BCUT2D eigenvalue weighted by Crippen LogP contribution is 2.23. The van der Waals surface area contributed by atoms with Gasteiger partial charge in [-0.05, 0) is 44.5 Å². The van der Waals surface area contributed by atoms with Gasteiger partial charge in [-0.15, -0.1) is 15.3 Å². The maximum absolute atomic E-state index is 12.6. The number of fused-ring (bicyclic) bond motifs is 3. The molecule has 10 heteroatoms. The predicted molar refractivity (Wildman–Crippen MR) is 101 cm³/mol. The number of benzene rings is 1. The van der Waals surface area contributed by atoms with Crippen LogP contribution in [0.25, 0.3) is 16.7 Å². The van der Waals surface area contributed by atoms with Crippen LogP contribution in [0.15, 0.2) is 30.3 Å². The third kappa shape index (κ3) is 2.80. The fourth-order valence-electron chi connectivity index (χ4n) is 3.08. The molecule has 0 fully saturated rings. The molecule has 0 atom stereocenters. The topological polar surface area (TPSA) is 128 Å². The zero-order valence-corrected chi connectivity index (χ0v) is 15.3. The van der Waals surface area contributed by atoms with Gasteiger partial charge in [0.1, 0.15) is 0 Å². The number of nitrogens with one attached hydrogen (secondary N) is 1. The second-order valence-electron chi connectivity index (χ2n) is 6.41. The number of nitrogens with zero attached hydrogens (tertiary/aromatic N) is 6. The van der Waals surface area contributed by atoms with Crippen molar-refractivity contribution in [2.24, 2.45) is 0 Å². The molecule has 3 aromatic heterocycles. The monoisotopic (exact) mass is 377 g/mol. The summed E-state index contributed by atoms with van der Waals surface area (Å²) in [7, 11) is 0. The third-order valence-corrected chi connectivity index (χ3v) is 4.40. The van der Waals surface area contributed by atoms with Gasteiger partial charge in [-0.25, -0.2) is 9.50 Å². The van der Waals surface area contributed by atoms with Gasteiger partial charge in [0.2, 0.25) is 0 Å². The van der Waals surface area contributed by atoms with Gasteiger partial charge in [-0.3, -0.25) is 14.9 Å². The molecule has 1 aromatic carbocycles. The molecule has 1 N–H and O–H groups in total. The minimum Gasteiger partial charge on any atom is -0.321 e. The number of hydrogen-bond donors (Lipinski definition) is 1. The van der Waals surface area contributed by atoms with Gasteiger partial charge in [-0.1, -0.05) is 0 Å². The number of carbonyl (C=O) groups excluding carboxylic acids is 1. The number of nitro groups is 1. The SMILES string of the molecule is Cc1cc(C)c2c(n1)nn1c(C)c(C(=O)Nc3ccc([N+](=O)[O-])cc3)nnc21. The summed E-state index contributed by atoms with van der Waals surface area (Å²) in [5.74, 6) is -0.485. The van der Waals surface area contributed by atoms with E-state index >= 15 is 0 Å². The summed E-state index contributed by atoms with van der Waals surface area (Å²) in [6.45, 7) is 5.56. The molecular weight excluding hydrogens is 362 g/mol. The third-order valence-electron chi connectivity index (χ3n) is 4.40. The van der Waals surface area contributed by atoms with Crippen LogP contribution in [0.5, 0.6) is 0 Å². The Bertz CT molecular complexity index is 1260. The Morgan fingerprint density at radius 3 is 2.54 bits per heavy atom. The van der Waals surface area contributed by atoms with Gasteiger partial charge in [0.05, 0.1) is 16.0 Å². The molecule has 0 spiro atoms. The number of aromatic nitrogens is 5. The van der Waals surface area contributed by atoms with E-state index in [1.165, 1.54) is 24.3 Å². The molecule has 3 heterocycles. The highest BCUT2D eigenvalue weighted by molar-refractivity contribution is 6.04. The van der Waals surface area contributed by atoms with E-state index in [1.807, 2.05) is 19.9 Å². The number of non-ortho nitro benzene ring substituents is 1. The van der Waals surface area contributed by atoms with Crippen molar-refractivity contribution in [2.75, 3.05) is 5.32 Å². The van der Waals surface area contributed by atoms with Gasteiger partial charge in [0.15, 0.2) is 17.0 Å². The van der Waals surface area contributed by atoms with Crippen molar-refractivity contribution in [1.82, 2.24) is 24.8 Å². The van der Waals surface area contributed by atoms with Gasteiger partial charge >= 0.3 is 0 Å². The quantitative estimate of drug-likeness (QED) is 0.429. The molecule has 0 aliphatic heterocycles. The Morgan fingerprint density at radius 2 is 1.86 bits per heavy atom. The van der Waals surface area contributed by atoms with Crippen LogP contribution >= 0.6 is 0 Å². The molecule has 28 heavy (non-hydrogen) atoms. The van der Waals surface area contributed by atoms with E-state index in [0.29, 0.717) is 22.7 Å². The average molecular weight is 377 g/mol. The number of nitro benzene ring substituents is 1. The van der Waals surface area contributed by atoms with Crippen molar-refractivity contribution < 1.29 is 9.72 Å². The van der Waals surface area contributed by atoms with Crippen LogP contribution in [0.4, 0.5) is 11.4 Å². The van der Waals surface area contributed by atoms with Crippen molar-refractivity contribution in [3.05, 3.63) is 63.1 Å². The second-order valence-corrected chi connectivity index (χ2v) is 6.41. The number of pyridine rings is 1. The van der Waals surface area contributed by atoms with Gasteiger partial charge < -0.3 is 5.32 Å². The van der Waals surface area contributed by atoms with Crippen LogP contribution in [0.1, 0.15) is 27.4 Å². The van der Waals surface area contributed by atoms with Crippen molar-refractivity contribution >= 4 is 34.0 Å². The number of anilines is 1. The first-order valence-corrected chi connectivity index (χ1v) is 8.41. The van der Waals surface area contributed by atoms with Gasteiger partial charge in [-0.2, -0.15) is 0 Å². The molecule has 0 aliphatic rings. The molecule has 0 saturated carbocycles. The summed E-state index contributed by atoms with van der Waals surface area (Å²) in [6.07, 6.45) is 0. The molecule has 10 nitrogen and oxygen atoms in total. The maximum Gasteiger partial charge on any atom is 0.278 e. The number of hydrogen-bond acceptors (Lipinski definition) is 7. The Kier molecular flexibility index (Phi) is 3.95. The number of rotatable bonds is 3. The molecule has 0 unspecified atom stereocenters. The summed E-state index contributed by atoms with van der Waals surface area (Å²) < 4.78 is 1.56. The fraction of sp³-hybridized carbons (Fsp3) is 0.167. The molecular formula is C18H15N7O3. The molecule has 0 radical (unpaired) electrons. The van der Waals surface area contributed by atoms with Crippen LogP contribution in [-0.4, -0.2) is 35.6 Å². The van der Waals surface area contributed by atoms with Crippen LogP contribution in [0.3, 0.4) is 0 Å². The lowest BCUT2D eigenvalue weighted by atomic mass is 10.2. The van der Waals surface area contributed by atoms with E-state index in [-0.39, 0.29) is 11.4 Å². The van der Waals surface area contributed by atoms with Gasteiger partial charge in [0, 0.05) is 23.5 Å². The fourth-order valence-corrected chi connectivity index (χ4v) is 3.08. The second kappa shape index (κ2) is 6.34. The Morgan fingerprint density at radius 1 is 1.14 bits per heavy atom. The molecule has 4 rings (SSSR count). The first-order valence-electron chi connectivity index (χ1n) is 8.41. The average Bonchev–Trinajstić information content (AvgIpc) is 3.01. The first-order chi connectivity index (χ1) is 13.3. The van der Waals surface area contributed by atoms with E-state index in [9.17, 15) is 14.9 Å². The maximum atomic E-state index is 12.6. The van der Waals surface area contributed by atoms with E-state index in [0.717, 1.165) is 16.6 Å². The number of amides is 1. The smallest absolute Gasteiger partial charge is 0.278 e. The predicted octanol–water partition coefficient (Wildman–Crippen LogP) is 2.76. The van der Waals surface area contributed by atoms with E-state index in [2.05, 4.69) is 25.6 Å². The van der Waals surface area contributed by atoms with Crippen molar-refractivity contribution in [2.45, 2.75) is 20.8 Å². The minimum atomic E-state index is -0.505. The zero-order valence-electron chi connectivity index (χ0n) is 15.3. The zero-order chi connectivity index (χ0) is 20.0. The minimum absolute atomic E-state index is 0.0585. The molecule has 0 saturated heterocycles. The number of carbonyl (C=O) groups is 1. The number of aryl methyl sites for hydroxylation is 3. The van der Waals surface area contributed by atoms with Crippen molar-refractivity contribution in [3.8, 4) is 0 Å². The Hall–Kier alpha value is -3.95. The van der Waals surface area contributed by atoms with E-state index in [4.69, 9.17) is 0 Å². The lowest BCUT2D eigenvalue weighted by molar-refractivity contribution is -0.384. The highest BCUT2D eigenvalue weighted by atomic mass is 16.6. The first kappa shape index (κ1) is 17.5.